The average Bonchev–Trinajstić information content (AvgIpc) is 3.05. The average molecular weight is 320 g/mol. The van der Waals surface area contributed by atoms with Crippen LogP contribution >= 0.6 is 0 Å². The number of carbonyl (C=O) groups is 1. The second-order valence-corrected chi connectivity index (χ2v) is 6.13. The number of urea groups is 1. The van der Waals surface area contributed by atoms with Gasteiger partial charge >= 0.3 is 6.03 Å². The summed E-state index contributed by atoms with van der Waals surface area (Å²) in [6.45, 7) is 1.27. The minimum atomic E-state index is -0.0716. The number of aromatic nitrogens is 2. The molecule has 1 N–H and O–H groups in total. The van der Waals surface area contributed by atoms with E-state index in [4.69, 9.17) is 9.47 Å². The van der Waals surface area contributed by atoms with Gasteiger partial charge in [-0.2, -0.15) is 0 Å². The molecule has 1 saturated carbocycles. The van der Waals surface area contributed by atoms with Crippen LogP contribution < -0.4 is 14.8 Å². The summed E-state index contributed by atoms with van der Waals surface area (Å²) in [4.78, 5) is 22.4. The molecule has 1 aliphatic heterocycles. The number of rotatable bonds is 4. The van der Waals surface area contributed by atoms with Crippen LogP contribution in [-0.2, 0) is 0 Å². The van der Waals surface area contributed by atoms with E-state index in [-0.39, 0.29) is 12.1 Å². The van der Waals surface area contributed by atoms with Crippen LogP contribution in [0.2, 0.25) is 0 Å². The first kappa shape index (κ1) is 15.8. The molecule has 7 nitrogen and oxygen atoms in total. The molecule has 0 spiro atoms. The summed E-state index contributed by atoms with van der Waals surface area (Å²) in [5.74, 6) is 0.757. The van der Waals surface area contributed by atoms with Crippen molar-refractivity contribution in [3.63, 3.8) is 0 Å². The molecule has 2 heterocycles. The van der Waals surface area contributed by atoms with Crippen molar-refractivity contribution in [3.8, 4) is 11.8 Å². The number of likely N-dealkylation sites (tertiary alicyclic amines) is 1. The van der Waals surface area contributed by atoms with Gasteiger partial charge < -0.3 is 19.7 Å². The fraction of sp³-hybridized carbons (Fsp3) is 0.688. The van der Waals surface area contributed by atoms with Gasteiger partial charge in [-0.15, -0.1) is 0 Å². The number of ether oxygens (including phenoxy) is 2. The van der Waals surface area contributed by atoms with Gasteiger partial charge in [0.2, 0.25) is 0 Å². The molecule has 7 heteroatoms. The van der Waals surface area contributed by atoms with Crippen LogP contribution in [0.25, 0.3) is 0 Å². The SMILES string of the molecule is COc1nccnc1OC1CCN(C(=O)NC2CCCCC2)C1. The number of hydrogen-bond donors (Lipinski definition) is 1. The molecule has 0 radical (unpaired) electrons. The minimum absolute atomic E-state index is 0.0223. The van der Waals surface area contributed by atoms with Crippen LogP contribution in [0, 0.1) is 0 Å². The highest BCUT2D eigenvalue weighted by atomic mass is 16.5. The molecular weight excluding hydrogens is 296 g/mol. The van der Waals surface area contributed by atoms with Gasteiger partial charge in [-0.05, 0) is 12.8 Å². The molecule has 126 valence electrons. The van der Waals surface area contributed by atoms with Crippen molar-refractivity contribution in [1.82, 2.24) is 20.2 Å². The molecule has 1 unspecified atom stereocenters. The third kappa shape index (κ3) is 4.03. The molecule has 0 aromatic carbocycles. The number of nitrogens with zero attached hydrogens (tertiary/aromatic N) is 3. The minimum Gasteiger partial charge on any atom is -0.477 e. The van der Waals surface area contributed by atoms with E-state index in [1.807, 2.05) is 4.90 Å². The lowest BCUT2D eigenvalue weighted by atomic mass is 9.96. The summed E-state index contributed by atoms with van der Waals surface area (Å²) in [6, 6.07) is 0.352. The van der Waals surface area contributed by atoms with E-state index >= 15 is 0 Å². The first-order chi connectivity index (χ1) is 11.3. The number of amides is 2. The van der Waals surface area contributed by atoms with Crippen LogP contribution in [0.4, 0.5) is 4.79 Å². The van der Waals surface area contributed by atoms with E-state index in [2.05, 4.69) is 15.3 Å². The maximum absolute atomic E-state index is 12.3. The van der Waals surface area contributed by atoms with Gasteiger partial charge in [0, 0.05) is 31.4 Å². The van der Waals surface area contributed by atoms with Gasteiger partial charge in [0.05, 0.1) is 13.7 Å². The Hall–Kier alpha value is -2.05. The van der Waals surface area contributed by atoms with E-state index in [0.717, 1.165) is 19.3 Å². The Labute approximate surface area is 136 Å². The highest BCUT2D eigenvalue weighted by molar-refractivity contribution is 5.74. The largest absolute Gasteiger partial charge is 0.477 e. The van der Waals surface area contributed by atoms with Crippen LogP contribution in [-0.4, -0.2) is 53.2 Å². The van der Waals surface area contributed by atoms with E-state index in [1.165, 1.54) is 26.4 Å². The molecule has 2 aliphatic rings. The van der Waals surface area contributed by atoms with E-state index in [9.17, 15) is 4.79 Å². The van der Waals surface area contributed by atoms with Crippen LogP contribution in [0.5, 0.6) is 11.8 Å². The third-order valence-electron chi connectivity index (χ3n) is 4.47. The molecule has 1 aliphatic carbocycles. The Morgan fingerprint density at radius 2 is 1.91 bits per heavy atom. The first-order valence-corrected chi connectivity index (χ1v) is 8.33. The second kappa shape index (κ2) is 7.48. The van der Waals surface area contributed by atoms with Gasteiger partial charge in [-0.25, -0.2) is 14.8 Å². The zero-order valence-corrected chi connectivity index (χ0v) is 13.5. The Kier molecular flexibility index (Phi) is 5.15. The molecule has 1 atom stereocenters. The van der Waals surface area contributed by atoms with E-state index in [0.29, 0.717) is 30.9 Å². The molecule has 23 heavy (non-hydrogen) atoms. The number of nitrogens with one attached hydrogen (secondary N) is 1. The monoisotopic (exact) mass is 320 g/mol. The number of methoxy groups -OCH3 is 1. The fourth-order valence-corrected chi connectivity index (χ4v) is 3.21. The zero-order chi connectivity index (χ0) is 16.1. The molecule has 1 aromatic heterocycles. The Bertz CT molecular complexity index is 534. The van der Waals surface area contributed by atoms with Crippen molar-refractivity contribution in [2.24, 2.45) is 0 Å². The van der Waals surface area contributed by atoms with Crippen molar-refractivity contribution in [2.75, 3.05) is 20.2 Å². The molecule has 3 rings (SSSR count). The molecule has 1 aromatic rings. The summed E-state index contributed by atoms with van der Waals surface area (Å²) in [5.41, 5.74) is 0. The highest BCUT2D eigenvalue weighted by Gasteiger charge is 2.30. The van der Waals surface area contributed by atoms with Crippen LogP contribution in [0.1, 0.15) is 38.5 Å². The second-order valence-electron chi connectivity index (χ2n) is 6.13. The predicted molar refractivity (Wildman–Crippen MR) is 84.6 cm³/mol. The van der Waals surface area contributed by atoms with Gasteiger partial charge in [0.15, 0.2) is 0 Å². The van der Waals surface area contributed by atoms with Crippen molar-refractivity contribution in [2.45, 2.75) is 50.7 Å². The maximum Gasteiger partial charge on any atom is 0.317 e. The molecule has 0 bridgehead atoms. The zero-order valence-electron chi connectivity index (χ0n) is 13.5. The Morgan fingerprint density at radius 1 is 1.17 bits per heavy atom. The lowest BCUT2D eigenvalue weighted by Crippen LogP contribution is -2.45. The molecule has 2 fully saturated rings. The number of carbonyl (C=O) groups excluding carboxylic acids is 1. The Balaban J connectivity index is 1.50. The third-order valence-corrected chi connectivity index (χ3v) is 4.47. The van der Waals surface area contributed by atoms with E-state index < -0.39 is 0 Å². The predicted octanol–water partition coefficient (Wildman–Crippen LogP) is 1.98. The van der Waals surface area contributed by atoms with Crippen molar-refractivity contribution in [3.05, 3.63) is 12.4 Å². The van der Waals surface area contributed by atoms with Gasteiger partial charge in [0.1, 0.15) is 6.10 Å². The first-order valence-electron chi connectivity index (χ1n) is 8.33. The van der Waals surface area contributed by atoms with E-state index in [1.54, 1.807) is 12.4 Å². The highest BCUT2D eigenvalue weighted by Crippen LogP contribution is 2.24. The maximum atomic E-state index is 12.3. The summed E-state index contributed by atoms with van der Waals surface area (Å²) >= 11 is 0. The fourth-order valence-electron chi connectivity index (χ4n) is 3.21. The molecular formula is C16H24N4O3. The van der Waals surface area contributed by atoms with Crippen molar-refractivity contribution >= 4 is 6.03 Å². The Morgan fingerprint density at radius 3 is 2.65 bits per heavy atom. The van der Waals surface area contributed by atoms with Crippen molar-refractivity contribution < 1.29 is 14.3 Å². The summed E-state index contributed by atoms with van der Waals surface area (Å²) in [7, 11) is 1.54. The lowest BCUT2D eigenvalue weighted by Gasteiger charge is -2.26. The number of hydrogen-bond acceptors (Lipinski definition) is 5. The van der Waals surface area contributed by atoms with Crippen molar-refractivity contribution in [1.29, 1.82) is 0 Å². The summed E-state index contributed by atoms with van der Waals surface area (Å²) < 4.78 is 11.0. The summed E-state index contributed by atoms with van der Waals surface area (Å²) in [6.07, 6.45) is 9.74. The normalized spacial score (nSPS) is 22.0. The van der Waals surface area contributed by atoms with Gasteiger partial charge in [-0.3, -0.25) is 0 Å². The van der Waals surface area contributed by atoms with Gasteiger partial charge in [-0.1, -0.05) is 19.3 Å². The standard InChI is InChI=1S/C16H24N4O3/c1-22-14-15(18-9-8-17-14)23-13-7-10-20(11-13)16(21)19-12-5-3-2-4-6-12/h8-9,12-13H,2-7,10-11H2,1H3,(H,19,21). The van der Waals surface area contributed by atoms with Crippen LogP contribution in [0.15, 0.2) is 12.4 Å². The quantitative estimate of drug-likeness (QED) is 0.918. The molecule has 2 amide bonds. The van der Waals surface area contributed by atoms with Gasteiger partial charge in [0.25, 0.3) is 11.8 Å². The van der Waals surface area contributed by atoms with Crippen LogP contribution in [0.3, 0.4) is 0 Å². The topological polar surface area (TPSA) is 76.6 Å². The summed E-state index contributed by atoms with van der Waals surface area (Å²) in [5, 5.41) is 3.15. The lowest BCUT2D eigenvalue weighted by molar-refractivity contribution is 0.174. The molecule has 1 saturated heterocycles. The smallest absolute Gasteiger partial charge is 0.317 e.